The van der Waals surface area contributed by atoms with Crippen LogP contribution in [0.4, 0.5) is 5.82 Å². The van der Waals surface area contributed by atoms with Crippen LogP contribution in [0.15, 0.2) is 47.5 Å². The van der Waals surface area contributed by atoms with Gasteiger partial charge in [-0.15, -0.1) is 0 Å². The van der Waals surface area contributed by atoms with Crippen molar-refractivity contribution < 1.29 is 13.2 Å². The summed E-state index contributed by atoms with van der Waals surface area (Å²) in [6, 6.07) is 11.5. The summed E-state index contributed by atoms with van der Waals surface area (Å²) in [4.78, 5) is 16.7. The van der Waals surface area contributed by atoms with Gasteiger partial charge in [0, 0.05) is 37.4 Å². The summed E-state index contributed by atoms with van der Waals surface area (Å²) in [7, 11) is -3.63. The van der Waals surface area contributed by atoms with Crippen molar-refractivity contribution in [2.75, 3.05) is 25.0 Å². The third-order valence-corrected chi connectivity index (χ3v) is 7.09. The van der Waals surface area contributed by atoms with Gasteiger partial charge in [0.15, 0.2) is 0 Å². The molecule has 2 aromatic rings. The number of carbonyl (C=O) groups excluding carboxylic acids is 1. The topological polar surface area (TPSA) is 115 Å². The molecule has 1 atom stereocenters. The summed E-state index contributed by atoms with van der Waals surface area (Å²) >= 11 is 0. The number of anilines is 1. The van der Waals surface area contributed by atoms with Gasteiger partial charge >= 0.3 is 0 Å². The minimum absolute atomic E-state index is 0.0443. The molecule has 2 N–H and O–H groups in total. The monoisotopic (exact) mass is 427 g/mol. The highest BCUT2D eigenvalue weighted by Crippen LogP contribution is 2.25. The Labute approximate surface area is 177 Å². The van der Waals surface area contributed by atoms with E-state index in [1.54, 1.807) is 30.5 Å². The van der Waals surface area contributed by atoms with Crippen LogP contribution < -0.4 is 10.6 Å². The number of nitriles is 1. The fourth-order valence-corrected chi connectivity index (χ4v) is 5.20. The van der Waals surface area contributed by atoms with E-state index in [1.807, 2.05) is 13.0 Å². The highest BCUT2D eigenvalue weighted by atomic mass is 32.2. The van der Waals surface area contributed by atoms with Gasteiger partial charge in [-0.3, -0.25) is 4.79 Å². The predicted octanol–water partition coefficient (Wildman–Crippen LogP) is 2.36. The number of hydrogen-bond acceptors (Lipinski definition) is 6. The second-order valence-electron chi connectivity index (χ2n) is 7.18. The fraction of sp³-hybridized carbons (Fsp3) is 0.381. The van der Waals surface area contributed by atoms with Crippen LogP contribution in [0.2, 0.25) is 0 Å². The average molecular weight is 428 g/mol. The summed E-state index contributed by atoms with van der Waals surface area (Å²) in [5.41, 5.74) is 0.713. The van der Waals surface area contributed by atoms with Gasteiger partial charge in [-0.1, -0.05) is 12.5 Å². The maximum absolute atomic E-state index is 13.0. The fourth-order valence-electron chi connectivity index (χ4n) is 3.46. The molecule has 1 aliphatic heterocycles. The molecule has 1 aromatic carbocycles. The molecule has 1 fully saturated rings. The van der Waals surface area contributed by atoms with Gasteiger partial charge in [0.1, 0.15) is 11.9 Å². The molecule has 1 aromatic heterocycles. The van der Waals surface area contributed by atoms with Crippen LogP contribution in [-0.2, 0) is 10.0 Å². The highest BCUT2D eigenvalue weighted by molar-refractivity contribution is 7.89. The number of piperidine rings is 1. The minimum Gasteiger partial charge on any atom is -0.367 e. The number of carbonyl (C=O) groups is 1. The largest absolute Gasteiger partial charge is 0.367 e. The lowest BCUT2D eigenvalue weighted by molar-refractivity contribution is 0.0955. The molecule has 3 rings (SSSR count). The lowest BCUT2D eigenvalue weighted by Crippen LogP contribution is -2.42. The van der Waals surface area contributed by atoms with Crippen LogP contribution >= 0.6 is 0 Å². The van der Waals surface area contributed by atoms with Gasteiger partial charge in [0.05, 0.1) is 10.5 Å². The predicted molar refractivity (Wildman–Crippen MR) is 113 cm³/mol. The van der Waals surface area contributed by atoms with Crippen molar-refractivity contribution in [3.05, 3.63) is 53.7 Å². The Hall–Kier alpha value is -2.96. The molecule has 1 aliphatic rings. The number of rotatable bonds is 7. The molecule has 0 saturated carbocycles. The molecule has 0 aliphatic carbocycles. The lowest BCUT2D eigenvalue weighted by atomic mass is 10.1. The van der Waals surface area contributed by atoms with E-state index in [9.17, 15) is 13.2 Å². The number of pyridine rings is 1. The molecule has 2 heterocycles. The van der Waals surface area contributed by atoms with E-state index in [0.29, 0.717) is 31.0 Å². The third kappa shape index (κ3) is 4.96. The molecular weight excluding hydrogens is 402 g/mol. The van der Waals surface area contributed by atoms with Crippen molar-refractivity contribution in [1.29, 1.82) is 5.26 Å². The summed E-state index contributed by atoms with van der Waals surface area (Å²) in [6.07, 6.45) is 4.30. The molecule has 1 amide bonds. The maximum atomic E-state index is 13.0. The van der Waals surface area contributed by atoms with Crippen LogP contribution in [0.3, 0.4) is 0 Å². The molecule has 158 valence electrons. The van der Waals surface area contributed by atoms with Gasteiger partial charge in [-0.2, -0.15) is 9.57 Å². The summed E-state index contributed by atoms with van der Waals surface area (Å²) in [5.74, 6) is 0.0973. The standard InChI is InChI=1S/C21H25N5O3S/c1-16-6-2-3-13-26(16)30(28,29)19-9-4-7-17(14-19)21(27)25-12-11-24-20-18(15-22)8-5-10-23-20/h4-5,7-10,14,16H,2-3,6,11-13H2,1H3,(H,23,24)(H,25,27). The molecule has 30 heavy (non-hydrogen) atoms. The number of aromatic nitrogens is 1. The van der Waals surface area contributed by atoms with Crippen molar-refractivity contribution in [1.82, 2.24) is 14.6 Å². The number of hydrogen-bond donors (Lipinski definition) is 2. The molecule has 9 heteroatoms. The van der Waals surface area contributed by atoms with Gasteiger partial charge < -0.3 is 10.6 Å². The van der Waals surface area contributed by atoms with Gasteiger partial charge in [0.2, 0.25) is 10.0 Å². The molecule has 0 bridgehead atoms. The van der Waals surface area contributed by atoms with Crippen molar-refractivity contribution in [2.24, 2.45) is 0 Å². The Kier molecular flexibility index (Phi) is 7.03. The quantitative estimate of drug-likeness (QED) is 0.656. The van der Waals surface area contributed by atoms with E-state index in [-0.39, 0.29) is 22.4 Å². The smallest absolute Gasteiger partial charge is 0.251 e. The molecule has 1 saturated heterocycles. The summed E-state index contributed by atoms with van der Waals surface area (Å²) < 4.78 is 27.5. The second-order valence-corrected chi connectivity index (χ2v) is 9.07. The van der Waals surface area contributed by atoms with E-state index in [4.69, 9.17) is 5.26 Å². The summed E-state index contributed by atoms with van der Waals surface area (Å²) in [6.45, 7) is 3.09. The Morgan fingerprint density at radius 2 is 2.10 bits per heavy atom. The van der Waals surface area contributed by atoms with Crippen LogP contribution in [0, 0.1) is 11.3 Å². The second kappa shape index (κ2) is 9.69. The van der Waals surface area contributed by atoms with Crippen molar-refractivity contribution in [3.8, 4) is 6.07 Å². The number of amides is 1. The Balaban J connectivity index is 1.61. The minimum atomic E-state index is -3.63. The number of sulfonamides is 1. The third-order valence-electron chi connectivity index (χ3n) is 5.08. The first kappa shape index (κ1) is 21.7. The average Bonchev–Trinajstić information content (AvgIpc) is 2.77. The van der Waals surface area contributed by atoms with E-state index >= 15 is 0 Å². The first-order chi connectivity index (χ1) is 14.4. The normalized spacial score (nSPS) is 17.1. The number of benzene rings is 1. The van der Waals surface area contributed by atoms with Gasteiger partial charge in [-0.05, 0) is 50.1 Å². The van der Waals surface area contributed by atoms with E-state index < -0.39 is 10.0 Å². The van der Waals surface area contributed by atoms with Crippen LogP contribution in [-0.4, -0.2) is 49.3 Å². The number of nitrogens with zero attached hydrogens (tertiary/aromatic N) is 3. The maximum Gasteiger partial charge on any atom is 0.251 e. The van der Waals surface area contributed by atoms with Crippen molar-refractivity contribution in [3.63, 3.8) is 0 Å². The van der Waals surface area contributed by atoms with Crippen LogP contribution in [0.5, 0.6) is 0 Å². The Morgan fingerprint density at radius 3 is 2.87 bits per heavy atom. The van der Waals surface area contributed by atoms with Gasteiger partial charge in [-0.25, -0.2) is 13.4 Å². The zero-order valence-electron chi connectivity index (χ0n) is 16.8. The zero-order valence-corrected chi connectivity index (χ0v) is 17.7. The molecule has 0 spiro atoms. The van der Waals surface area contributed by atoms with Crippen molar-refractivity contribution in [2.45, 2.75) is 37.1 Å². The first-order valence-electron chi connectivity index (χ1n) is 9.92. The van der Waals surface area contributed by atoms with Gasteiger partial charge in [0.25, 0.3) is 5.91 Å². The first-order valence-corrected chi connectivity index (χ1v) is 11.4. The highest BCUT2D eigenvalue weighted by Gasteiger charge is 2.31. The van der Waals surface area contributed by atoms with Crippen LogP contribution in [0.1, 0.15) is 42.1 Å². The Bertz CT molecular complexity index is 1050. The molecule has 1 unspecified atom stereocenters. The van der Waals surface area contributed by atoms with E-state index in [1.165, 1.54) is 16.4 Å². The zero-order chi connectivity index (χ0) is 21.6. The molecule has 0 radical (unpaired) electrons. The summed E-state index contributed by atoms with van der Waals surface area (Å²) in [5, 5.41) is 14.8. The van der Waals surface area contributed by atoms with E-state index in [0.717, 1.165) is 19.3 Å². The lowest BCUT2D eigenvalue weighted by Gasteiger charge is -2.32. The molecule has 8 nitrogen and oxygen atoms in total. The number of nitrogens with one attached hydrogen (secondary N) is 2. The van der Waals surface area contributed by atoms with Crippen molar-refractivity contribution >= 4 is 21.7 Å². The SMILES string of the molecule is CC1CCCCN1S(=O)(=O)c1cccc(C(=O)NCCNc2ncccc2C#N)c1. The van der Waals surface area contributed by atoms with E-state index in [2.05, 4.69) is 15.6 Å². The van der Waals surface area contributed by atoms with Crippen LogP contribution in [0.25, 0.3) is 0 Å². The Morgan fingerprint density at radius 1 is 1.27 bits per heavy atom. The molecular formula is C21H25N5O3S.